The summed E-state index contributed by atoms with van der Waals surface area (Å²) in [5.41, 5.74) is 3.25. The number of aliphatic hydroxyl groups excluding tert-OH is 1. The van der Waals surface area contributed by atoms with Crippen LogP contribution in [0, 0.1) is 13.8 Å². The van der Waals surface area contributed by atoms with Gasteiger partial charge in [0.1, 0.15) is 0 Å². The van der Waals surface area contributed by atoms with Crippen molar-refractivity contribution in [3.63, 3.8) is 0 Å². The first-order valence-corrected chi connectivity index (χ1v) is 9.55. The normalized spacial score (nSPS) is 23.4. The van der Waals surface area contributed by atoms with Crippen LogP contribution in [-0.4, -0.2) is 53.7 Å². The second kappa shape index (κ2) is 8.08. The molecule has 6 heteroatoms. The molecule has 3 rings (SSSR count). The monoisotopic (exact) mass is 359 g/mol. The molecule has 2 N–H and O–H groups in total. The van der Waals surface area contributed by atoms with Crippen molar-refractivity contribution in [2.45, 2.75) is 58.0 Å². The van der Waals surface area contributed by atoms with Crippen LogP contribution < -0.4 is 10.2 Å². The molecule has 3 amide bonds. The maximum Gasteiger partial charge on any atom is 0.317 e. The second-order valence-electron chi connectivity index (χ2n) is 7.48. The predicted octanol–water partition coefficient (Wildman–Crippen LogP) is 2.36. The molecule has 2 fully saturated rings. The van der Waals surface area contributed by atoms with Crippen LogP contribution in [0.3, 0.4) is 0 Å². The molecule has 142 valence electrons. The fourth-order valence-electron chi connectivity index (χ4n) is 3.92. The molecule has 0 aliphatic carbocycles. The van der Waals surface area contributed by atoms with Gasteiger partial charge in [0, 0.05) is 37.8 Å². The topological polar surface area (TPSA) is 72.9 Å². The van der Waals surface area contributed by atoms with Crippen molar-refractivity contribution in [1.82, 2.24) is 10.2 Å². The Labute approximate surface area is 155 Å². The lowest BCUT2D eigenvalue weighted by Gasteiger charge is -2.36. The summed E-state index contributed by atoms with van der Waals surface area (Å²) in [6.45, 7) is 5.41. The third kappa shape index (κ3) is 4.01. The lowest BCUT2D eigenvalue weighted by atomic mass is 10.00. The van der Waals surface area contributed by atoms with Crippen LogP contribution in [0.1, 0.15) is 43.2 Å². The Bertz CT molecular complexity index is 674. The van der Waals surface area contributed by atoms with E-state index in [-0.39, 0.29) is 30.6 Å². The van der Waals surface area contributed by atoms with Gasteiger partial charge in [-0.05, 0) is 62.8 Å². The molecule has 2 aliphatic rings. The summed E-state index contributed by atoms with van der Waals surface area (Å²) in [6, 6.07) is 5.83. The third-order valence-electron chi connectivity index (χ3n) is 5.61. The van der Waals surface area contributed by atoms with Gasteiger partial charge in [-0.1, -0.05) is 6.07 Å². The lowest BCUT2D eigenvalue weighted by molar-refractivity contribution is -0.117. The maximum absolute atomic E-state index is 12.7. The molecule has 2 atom stereocenters. The highest BCUT2D eigenvalue weighted by Crippen LogP contribution is 2.25. The van der Waals surface area contributed by atoms with E-state index in [4.69, 9.17) is 0 Å². The van der Waals surface area contributed by atoms with E-state index in [0.717, 1.165) is 37.1 Å². The van der Waals surface area contributed by atoms with E-state index in [1.165, 1.54) is 5.56 Å². The molecule has 26 heavy (non-hydrogen) atoms. The van der Waals surface area contributed by atoms with Crippen molar-refractivity contribution >= 4 is 17.6 Å². The van der Waals surface area contributed by atoms with Gasteiger partial charge >= 0.3 is 6.03 Å². The molecule has 6 nitrogen and oxygen atoms in total. The summed E-state index contributed by atoms with van der Waals surface area (Å²) in [4.78, 5) is 28.7. The Balaban J connectivity index is 1.63. The summed E-state index contributed by atoms with van der Waals surface area (Å²) in [6.07, 6.45) is 3.97. The summed E-state index contributed by atoms with van der Waals surface area (Å²) in [5, 5.41) is 12.3. The highest BCUT2D eigenvalue weighted by molar-refractivity contribution is 5.97. The number of piperidine rings is 1. The van der Waals surface area contributed by atoms with Crippen molar-refractivity contribution < 1.29 is 14.7 Å². The number of amides is 3. The molecule has 0 aromatic heterocycles. The number of urea groups is 1. The molecule has 1 aromatic rings. The van der Waals surface area contributed by atoms with Gasteiger partial charge in [-0.2, -0.15) is 0 Å². The first-order valence-electron chi connectivity index (χ1n) is 9.55. The Morgan fingerprint density at radius 1 is 1.27 bits per heavy atom. The number of carbonyl (C=O) groups is 2. The fourth-order valence-corrected chi connectivity index (χ4v) is 3.92. The van der Waals surface area contributed by atoms with E-state index in [0.29, 0.717) is 19.4 Å². The zero-order valence-electron chi connectivity index (χ0n) is 15.7. The number of hydrogen-bond acceptors (Lipinski definition) is 3. The lowest BCUT2D eigenvalue weighted by Crippen LogP contribution is -2.52. The van der Waals surface area contributed by atoms with E-state index < -0.39 is 0 Å². The molecule has 2 heterocycles. The van der Waals surface area contributed by atoms with Crippen LogP contribution in [0.4, 0.5) is 10.5 Å². The minimum absolute atomic E-state index is 0.0455. The highest BCUT2D eigenvalue weighted by atomic mass is 16.3. The third-order valence-corrected chi connectivity index (χ3v) is 5.61. The molecule has 0 spiro atoms. The number of nitrogens with one attached hydrogen (secondary N) is 1. The number of aryl methyl sites for hydroxylation is 2. The van der Waals surface area contributed by atoms with Gasteiger partial charge in [0.25, 0.3) is 0 Å². The van der Waals surface area contributed by atoms with Gasteiger partial charge in [-0.3, -0.25) is 4.79 Å². The van der Waals surface area contributed by atoms with Crippen LogP contribution in [0.15, 0.2) is 18.2 Å². The Morgan fingerprint density at radius 3 is 2.81 bits per heavy atom. The van der Waals surface area contributed by atoms with Crippen molar-refractivity contribution in [3.05, 3.63) is 29.3 Å². The van der Waals surface area contributed by atoms with Crippen LogP contribution in [0.25, 0.3) is 0 Å². The molecule has 2 saturated heterocycles. The number of aliphatic hydroxyl groups is 1. The SMILES string of the molecule is Cc1ccc(N2C[C@H](NC(=O)N3CCCC[C@H]3CCO)CC2=O)cc1C. The van der Waals surface area contributed by atoms with Crippen LogP contribution in [0.5, 0.6) is 0 Å². The smallest absolute Gasteiger partial charge is 0.317 e. The van der Waals surface area contributed by atoms with E-state index in [1.54, 1.807) is 4.90 Å². The van der Waals surface area contributed by atoms with Gasteiger partial charge in [0.2, 0.25) is 5.91 Å². The molecule has 0 bridgehead atoms. The average molecular weight is 359 g/mol. The van der Waals surface area contributed by atoms with Crippen molar-refractivity contribution in [3.8, 4) is 0 Å². The van der Waals surface area contributed by atoms with Gasteiger partial charge in [-0.25, -0.2) is 4.79 Å². The van der Waals surface area contributed by atoms with Crippen molar-refractivity contribution in [2.75, 3.05) is 24.6 Å². The fraction of sp³-hybridized carbons (Fsp3) is 0.600. The van der Waals surface area contributed by atoms with Crippen LogP contribution in [-0.2, 0) is 4.79 Å². The maximum atomic E-state index is 12.7. The van der Waals surface area contributed by atoms with Crippen molar-refractivity contribution in [1.29, 1.82) is 0 Å². The predicted molar refractivity (Wildman–Crippen MR) is 101 cm³/mol. The number of benzene rings is 1. The van der Waals surface area contributed by atoms with Crippen LogP contribution >= 0.6 is 0 Å². The van der Waals surface area contributed by atoms with Crippen LogP contribution in [0.2, 0.25) is 0 Å². The number of hydrogen-bond donors (Lipinski definition) is 2. The molecule has 0 radical (unpaired) electrons. The highest BCUT2D eigenvalue weighted by Gasteiger charge is 2.34. The zero-order valence-corrected chi connectivity index (χ0v) is 15.7. The number of carbonyl (C=O) groups excluding carboxylic acids is 2. The Hall–Kier alpha value is -2.08. The summed E-state index contributed by atoms with van der Waals surface area (Å²) >= 11 is 0. The molecule has 0 saturated carbocycles. The summed E-state index contributed by atoms with van der Waals surface area (Å²) in [5.74, 6) is 0.0455. The molecular formula is C20H29N3O3. The number of anilines is 1. The Kier molecular flexibility index (Phi) is 5.81. The first-order chi connectivity index (χ1) is 12.5. The van der Waals surface area contributed by atoms with Crippen molar-refractivity contribution in [2.24, 2.45) is 0 Å². The van der Waals surface area contributed by atoms with Gasteiger partial charge in [-0.15, -0.1) is 0 Å². The Morgan fingerprint density at radius 2 is 2.08 bits per heavy atom. The van der Waals surface area contributed by atoms with Gasteiger partial charge in [0.15, 0.2) is 0 Å². The minimum atomic E-state index is -0.173. The second-order valence-corrected chi connectivity index (χ2v) is 7.48. The summed E-state index contributed by atoms with van der Waals surface area (Å²) < 4.78 is 0. The first kappa shape index (κ1) is 18.7. The largest absolute Gasteiger partial charge is 0.396 e. The molecule has 0 unspecified atom stereocenters. The van der Waals surface area contributed by atoms with E-state index in [2.05, 4.69) is 12.2 Å². The van der Waals surface area contributed by atoms with Gasteiger partial charge in [0.05, 0.1) is 6.04 Å². The number of nitrogens with zero attached hydrogens (tertiary/aromatic N) is 2. The zero-order chi connectivity index (χ0) is 18.7. The van der Waals surface area contributed by atoms with E-state index in [1.807, 2.05) is 30.0 Å². The molecule has 2 aliphatic heterocycles. The van der Waals surface area contributed by atoms with E-state index >= 15 is 0 Å². The van der Waals surface area contributed by atoms with Gasteiger partial charge < -0.3 is 20.2 Å². The standard InChI is InChI=1S/C20H29N3O3/c1-14-6-7-18(11-15(14)2)23-13-16(12-19(23)25)21-20(26)22-9-4-3-5-17(22)8-10-24/h6-7,11,16-17,24H,3-5,8-10,12-13H2,1-2H3,(H,21,26)/t16-,17+/m1/s1. The van der Waals surface area contributed by atoms with E-state index in [9.17, 15) is 14.7 Å². The summed E-state index contributed by atoms with van der Waals surface area (Å²) in [7, 11) is 0. The number of likely N-dealkylation sites (tertiary alicyclic amines) is 1. The molecular weight excluding hydrogens is 330 g/mol. The minimum Gasteiger partial charge on any atom is -0.396 e. The number of rotatable bonds is 4. The average Bonchev–Trinajstić information content (AvgIpc) is 2.98. The molecule has 1 aromatic carbocycles. The quantitative estimate of drug-likeness (QED) is 0.867.